The topological polar surface area (TPSA) is 43.4 Å². The zero-order valence-corrected chi connectivity index (χ0v) is 8.79. The summed E-state index contributed by atoms with van der Waals surface area (Å²) < 4.78 is 4.59. The van der Waals surface area contributed by atoms with Crippen LogP contribution in [0.25, 0.3) is 0 Å². The van der Waals surface area contributed by atoms with E-state index in [1.807, 2.05) is 27.7 Å². The Balaban J connectivity index is 3.72. The van der Waals surface area contributed by atoms with Gasteiger partial charge < -0.3 is 4.74 Å². The molecule has 0 aromatic carbocycles. The lowest BCUT2D eigenvalue weighted by molar-refractivity contribution is -0.160. The van der Waals surface area contributed by atoms with E-state index in [9.17, 15) is 9.59 Å². The van der Waals surface area contributed by atoms with E-state index in [0.717, 1.165) is 0 Å². The van der Waals surface area contributed by atoms with Crippen LogP contribution in [0, 0.1) is 11.8 Å². The summed E-state index contributed by atoms with van der Waals surface area (Å²) in [5.74, 6) is -0.361. The van der Waals surface area contributed by atoms with Gasteiger partial charge in [0.05, 0.1) is 0 Å². The zero-order valence-electron chi connectivity index (χ0n) is 8.79. The van der Waals surface area contributed by atoms with Crippen molar-refractivity contribution in [2.45, 2.75) is 40.5 Å². The fourth-order valence-corrected chi connectivity index (χ4v) is 0.877. The molecule has 0 aromatic rings. The van der Waals surface area contributed by atoms with Gasteiger partial charge in [0.15, 0.2) is 0 Å². The number of carbonyl (C=O) groups excluding carboxylic acids is 2. The van der Waals surface area contributed by atoms with E-state index in [-0.39, 0.29) is 11.8 Å². The molecule has 0 fully saturated rings. The van der Waals surface area contributed by atoms with Gasteiger partial charge >= 0.3 is 11.9 Å². The first kappa shape index (κ1) is 12.1. The van der Waals surface area contributed by atoms with Crippen molar-refractivity contribution in [1.29, 1.82) is 0 Å². The van der Waals surface area contributed by atoms with Crippen molar-refractivity contribution in [3.05, 3.63) is 0 Å². The number of esters is 2. The molecule has 0 bridgehead atoms. The van der Waals surface area contributed by atoms with Gasteiger partial charge in [-0.15, -0.1) is 0 Å². The quantitative estimate of drug-likeness (QED) is 0.499. The number of hydrogen-bond donors (Lipinski definition) is 0. The van der Waals surface area contributed by atoms with Gasteiger partial charge in [-0.2, -0.15) is 0 Å². The molecule has 0 saturated carbocycles. The molecule has 0 radical (unpaired) electrons. The molecule has 0 heterocycles. The van der Waals surface area contributed by atoms with Gasteiger partial charge in [0.2, 0.25) is 0 Å². The van der Waals surface area contributed by atoms with Crippen LogP contribution in [-0.4, -0.2) is 11.9 Å². The Kier molecular flexibility index (Phi) is 5.35. The number of carbonyl (C=O) groups is 2. The molecule has 0 saturated heterocycles. The Labute approximate surface area is 79.5 Å². The fourth-order valence-electron chi connectivity index (χ4n) is 0.877. The van der Waals surface area contributed by atoms with Crippen LogP contribution in [-0.2, 0) is 14.3 Å². The molecule has 0 aromatic heterocycles. The van der Waals surface area contributed by atoms with Gasteiger partial charge in [-0.3, -0.25) is 9.59 Å². The van der Waals surface area contributed by atoms with Crippen molar-refractivity contribution >= 4 is 11.9 Å². The van der Waals surface area contributed by atoms with Crippen molar-refractivity contribution in [2.24, 2.45) is 11.8 Å². The molecular formula is C10H18O3. The Morgan fingerprint density at radius 3 is 1.46 bits per heavy atom. The Bertz CT molecular complexity index is 163. The molecule has 76 valence electrons. The lowest BCUT2D eigenvalue weighted by Gasteiger charge is -2.06. The van der Waals surface area contributed by atoms with Crippen molar-refractivity contribution in [3.8, 4) is 0 Å². The minimum absolute atomic E-state index is 0.236. The van der Waals surface area contributed by atoms with Crippen molar-refractivity contribution < 1.29 is 14.3 Å². The van der Waals surface area contributed by atoms with E-state index < -0.39 is 11.9 Å². The van der Waals surface area contributed by atoms with Crippen molar-refractivity contribution in [3.63, 3.8) is 0 Å². The normalized spacial score (nSPS) is 10.6. The molecule has 0 atom stereocenters. The van der Waals surface area contributed by atoms with E-state index in [2.05, 4.69) is 4.74 Å². The number of rotatable bonds is 4. The molecule has 0 amide bonds. The van der Waals surface area contributed by atoms with Gasteiger partial charge in [-0.1, -0.05) is 27.7 Å². The van der Waals surface area contributed by atoms with Gasteiger partial charge in [-0.05, 0) is 11.8 Å². The van der Waals surface area contributed by atoms with Gasteiger partial charge in [0.1, 0.15) is 0 Å². The fraction of sp³-hybridized carbons (Fsp3) is 0.800. The average Bonchev–Trinajstić information content (AvgIpc) is 1.80. The summed E-state index contributed by atoms with van der Waals surface area (Å²) in [7, 11) is 0. The summed E-state index contributed by atoms with van der Waals surface area (Å²) in [5.41, 5.74) is 0. The highest BCUT2D eigenvalue weighted by molar-refractivity contribution is 5.85. The van der Waals surface area contributed by atoms with E-state index >= 15 is 0 Å². The second-order valence-electron chi connectivity index (χ2n) is 4.04. The van der Waals surface area contributed by atoms with Gasteiger partial charge in [-0.25, -0.2) is 0 Å². The largest absolute Gasteiger partial charge is 0.393 e. The minimum atomic E-state index is -0.416. The molecule has 3 nitrogen and oxygen atoms in total. The molecule has 3 heteroatoms. The predicted molar refractivity (Wildman–Crippen MR) is 50.0 cm³/mol. The molecule has 0 spiro atoms. The summed E-state index contributed by atoms with van der Waals surface area (Å²) in [4.78, 5) is 22.0. The second kappa shape index (κ2) is 5.73. The zero-order chi connectivity index (χ0) is 10.4. The van der Waals surface area contributed by atoms with Crippen molar-refractivity contribution in [1.82, 2.24) is 0 Å². The van der Waals surface area contributed by atoms with Crippen LogP contribution in [0.2, 0.25) is 0 Å². The summed E-state index contributed by atoms with van der Waals surface area (Å²) in [6.45, 7) is 7.64. The van der Waals surface area contributed by atoms with E-state index in [1.165, 1.54) is 0 Å². The standard InChI is InChI=1S/C10H18O3/c1-7(2)5-9(11)13-10(12)6-8(3)4/h7-8H,5-6H2,1-4H3. The first-order valence-electron chi connectivity index (χ1n) is 4.65. The van der Waals surface area contributed by atoms with Crippen LogP contribution >= 0.6 is 0 Å². The third-order valence-electron chi connectivity index (χ3n) is 1.38. The van der Waals surface area contributed by atoms with E-state index in [0.29, 0.717) is 12.8 Å². The van der Waals surface area contributed by atoms with Crippen LogP contribution in [0.1, 0.15) is 40.5 Å². The number of hydrogen-bond acceptors (Lipinski definition) is 3. The highest BCUT2D eigenvalue weighted by atomic mass is 16.6. The van der Waals surface area contributed by atoms with E-state index in [4.69, 9.17) is 0 Å². The molecule has 0 aliphatic heterocycles. The minimum Gasteiger partial charge on any atom is -0.393 e. The van der Waals surface area contributed by atoms with Crippen LogP contribution < -0.4 is 0 Å². The van der Waals surface area contributed by atoms with Crippen LogP contribution in [0.15, 0.2) is 0 Å². The summed E-state index contributed by atoms with van der Waals surface area (Å²) in [6, 6.07) is 0. The maximum atomic E-state index is 11.0. The third kappa shape index (κ3) is 7.50. The predicted octanol–water partition coefficient (Wildman–Crippen LogP) is 2.15. The molecule has 0 aliphatic carbocycles. The molecule has 0 rings (SSSR count). The SMILES string of the molecule is CC(C)CC(=O)OC(=O)CC(C)C. The Morgan fingerprint density at radius 1 is 0.923 bits per heavy atom. The highest BCUT2D eigenvalue weighted by Crippen LogP contribution is 2.05. The Hall–Kier alpha value is -0.860. The van der Waals surface area contributed by atoms with Crippen molar-refractivity contribution in [2.75, 3.05) is 0 Å². The van der Waals surface area contributed by atoms with Crippen LogP contribution in [0.3, 0.4) is 0 Å². The first-order chi connectivity index (χ1) is 5.91. The average molecular weight is 186 g/mol. The van der Waals surface area contributed by atoms with Gasteiger partial charge in [0.25, 0.3) is 0 Å². The molecular weight excluding hydrogens is 168 g/mol. The third-order valence-corrected chi connectivity index (χ3v) is 1.38. The highest BCUT2D eigenvalue weighted by Gasteiger charge is 2.12. The molecule has 0 N–H and O–H groups in total. The summed E-state index contributed by atoms with van der Waals surface area (Å²) in [6.07, 6.45) is 0.619. The molecule has 13 heavy (non-hydrogen) atoms. The van der Waals surface area contributed by atoms with Crippen LogP contribution in [0.5, 0.6) is 0 Å². The maximum absolute atomic E-state index is 11.0. The lowest BCUT2D eigenvalue weighted by atomic mass is 10.1. The first-order valence-corrected chi connectivity index (χ1v) is 4.65. The lowest BCUT2D eigenvalue weighted by Crippen LogP contribution is -2.15. The Morgan fingerprint density at radius 2 is 1.23 bits per heavy atom. The monoisotopic (exact) mass is 186 g/mol. The summed E-state index contributed by atoms with van der Waals surface area (Å²) in [5, 5.41) is 0. The summed E-state index contributed by atoms with van der Waals surface area (Å²) >= 11 is 0. The second-order valence-corrected chi connectivity index (χ2v) is 4.04. The van der Waals surface area contributed by atoms with Crippen LogP contribution in [0.4, 0.5) is 0 Å². The van der Waals surface area contributed by atoms with Gasteiger partial charge in [0, 0.05) is 12.8 Å². The number of ether oxygens (including phenoxy) is 1. The van der Waals surface area contributed by atoms with E-state index in [1.54, 1.807) is 0 Å². The molecule has 0 aliphatic rings. The molecule has 0 unspecified atom stereocenters. The smallest absolute Gasteiger partial charge is 0.313 e. The maximum Gasteiger partial charge on any atom is 0.313 e.